The van der Waals surface area contributed by atoms with Crippen LogP contribution in [-0.2, 0) is 5.41 Å². The molecule has 104 valence electrons. The van der Waals surface area contributed by atoms with Crippen LogP contribution in [0.1, 0.15) is 51.0 Å². The van der Waals surface area contributed by atoms with Crippen LogP contribution in [0.5, 0.6) is 0 Å². The van der Waals surface area contributed by atoms with Gasteiger partial charge in [-0.15, -0.1) is 0 Å². The second kappa shape index (κ2) is 5.28. The number of likely N-dealkylation sites (N-methyl/N-ethyl adjacent to an activating group) is 1. The van der Waals surface area contributed by atoms with E-state index in [0.717, 1.165) is 11.8 Å². The molecule has 3 rings (SSSR count). The van der Waals surface area contributed by atoms with Crippen molar-refractivity contribution >= 4 is 0 Å². The highest BCUT2D eigenvalue weighted by Gasteiger charge is 2.52. The third kappa shape index (κ3) is 2.45. The van der Waals surface area contributed by atoms with E-state index >= 15 is 0 Å². The molecular formula is C18H27N. The standard InChI is InChI=1S/C18H27N/c1-14-7-6-8-15(13-14)17(19-2)18(11-12-18)16-9-4-3-5-10-16/h3-5,9-10,14-15,17,19H,6-8,11-13H2,1-2H3. The van der Waals surface area contributed by atoms with Gasteiger partial charge in [0.15, 0.2) is 0 Å². The SMILES string of the molecule is CNC(C1CCCC(C)C1)C1(c2ccccc2)CC1. The number of nitrogens with one attached hydrogen (secondary N) is 1. The Labute approximate surface area is 117 Å². The third-order valence-corrected chi connectivity index (χ3v) is 5.49. The van der Waals surface area contributed by atoms with E-state index in [2.05, 4.69) is 49.6 Å². The second-order valence-electron chi connectivity index (χ2n) is 6.82. The Balaban J connectivity index is 1.82. The van der Waals surface area contributed by atoms with Crippen molar-refractivity contribution in [2.24, 2.45) is 11.8 Å². The fourth-order valence-electron chi connectivity index (χ4n) is 4.43. The van der Waals surface area contributed by atoms with Crippen LogP contribution in [0, 0.1) is 11.8 Å². The summed E-state index contributed by atoms with van der Waals surface area (Å²) in [5, 5.41) is 3.69. The van der Waals surface area contributed by atoms with Gasteiger partial charge in [0.2, 0.25) is 0 Å². The van der Waals surface area contributed by atoms with Crippen molar-refractivity contribution in [2.75, 3.05) is 7.05 Å². The predicted octanol–water partition coefficient (Wildman–Crippen LogP) is 4.13. The van der Waals surface area contributed by atoms with Gasteiger partial charge in [-0.3, -0.25) is 0 Å². The monoisotopic (exact) mass is 257 g/mol. The summed E-state index contributed by atoms with van der Waals surface area (Å²) >= 11 is 0. The molecule has 3 atom stereocenters. The Morgan fingerprint density at radius 2 is 1.89 bits per heavy atom. The zero-order chi connectivity index (χ0) is 13.3. The lowest BCUT2D eigenvalue weighted by Gasteiger charge is -2.38. The molecule has 0 heterocycles. The molecule has 2 aliphatic carbocycles. The van der Waals surface area contributed by atoms with Gasteiger partial charge in [-0.1, -0.05) is 50.1 Å². The quantitative estimate of drug-likeness (QED) is 0.855. The van der Waals surface area contributed by atoms with E-state index in [0.29, 0.717) is 11.5 Å². The van der Waals surface area contributed by atoms with Gasteiger partial charge in [0, 0.05) is 11.5 Å². The summed E-state index contributed by atoms with van der Waals surface area (Å²) in [5.41, 5.74) is 2.00. The third-order valence-electron chi connectivity index (χ3n) is 5.49. The maximum atomic E-state index is 3.69. The molecule has 0 spiro atoms. The molecule has 3 unspecified atom stereocenters. The molecule has 0 bridgehead atoms. The molecule has 19 heavy (non-hydrogen) atoms. The van der Waals surface area contributed by atoms with Crippen LogP contribution in [0.25, 0.3) is 0 Å². The smallest absolute Gasteiger partial charge is 0.0189 e. The van der Waals surface area contributed by atoms with Crippen molar-refractivity contribution < 1.29 is 0 Å². The van der Waals surface area contributed by atoms with Gasteiger partial charge >= 0.3 is 0 Å². The molecule has 0 aliphatic heterocycles. The first-order valence-corrected chi connectivity index (χ1v) is 7.99. The van der Waals surface area contributed by atoms with Crippen LogP contribution < -0.4 is 5.32 Å². The fourth-order valence-corrected chi connectivity index (χ4v) is 4.43. The molecule has 1 heteroatoms. The van der Waals surface area contributed by atoms with Gasteiger partial charge in [0.1, 0.15) is 0 Å². The fraction of sp³-hybridized carbons (Fsp3) is 0.667. The minimum atomic E-state index is 0.442. The summed E-state index contributed by atoms with van der Waals surface area (Å²) in [6.45, 7) is 2.43. The summed E-state index contributed by atoms with van der Waals surface area (Å²) in [6, 6.07) is 11.9. The predicted molar refractivity (Wildman–Crippen MR) is 81.3 cm³/mol. The average Bonchev–Trinajstić information content (AvgIpc) is 3.22. The van der Waals surface area contributed by atoms with Crippen molar-refractivity contribution in [2.45, 2.75) is 56.9 Å². The molecule has 0 amide bonds. The second-order valence-corrected chi connectivity index (χ2v) is 6.82. The normalized spacial score (nSPS) is 30.8. The molecule has 1 aromatic carbocycles. The zero-order valence-corrected chi connectivity index (χ0v) is 12.4. The largest absolute Gasteiger partial charge is 0.316 e. The minimum absolute atomic E-state index is 0.442. The van der Waals surface area contributed by atoms with Crippen molar-refractivity contribution in [1.29, 1.82) is 0 Å². The molecule has 2 fully saturated rings. The first kappa shape index (κ1) is 13.2. The first-order valence-electron chi connectivity index (χ1n) is 7.99. The zero-order valence-electron chi connectivity index (χ0n) is 12.4. The minimum Gasteiger partial charge on any atom is -0.316 e. The topological polar surface area (TPSA) is 12.0 Å². The maximum Gasteiger partial charge on any atom is 0.0189 e. The Bertz CT molecular complexity index is 407. The molecule has 1 nitrogen and oxygen atoms in total. The van der Waals surface area contributed by atoms with E-state index in [9.17, 15) is 0 Å². The van der Waals surface area contributed by atoms with Gasteiger partial charge in [0.25, 0.3) is 0 Å². The lowest BCUT2D eigenvalue weighted by molar-refractivity contribution is 0.200. The van der Waals surface area contributed by atoms with E-state index in [1.807, 2.05) is 0 Å². The van der Waals surface area contributed by atoms with Crippen molar-refractivity contribution in [1.82, 2.24) is 5.32 Å². The Kier molecular flexibility index (Phi) is 3.66. The molecule has 2 aliphatic rings. The van der Waals surface area contributed by atoms with Crippen LogP contribution in [0.15, 0.2) is 30.3 Å². The summed E-state index contributed by atoms with van der Waals surface area (Å²) in [6.07, 6.45) is 8.44. The molecule has 0 saturated heterocycles. The van der Waals surface area contributed by atoms with E-state index in [1.54, 1.807) is 5.56 Å². The molecule has 1 N–H and O–H groups in total. The van der Waals surface area contributed by atoms with Gasteiger partial charge in [-0.25, -0.2) is 0 Å². The van der Waals surface area contributed by atoms with E-state index in [-0.39, 0.29) is 0 Å². The number of rotatable bonds is 4. The van der Waals surface area contributed by atoms with E-state index in [1.165, 1.54) is 38.5 Å². The van der Waals surface area contributed by atoms with Crippen LogP contribution in [0.2, 0.25) is 0 Å². The average molecular weight is 257 g/mol. The molecule has 1 aromatic rings. The number of hydrogen-bond donors (Lipinski definition) is 1. The Morgan fingerprint density at radius 3 is 2.47 bits per heavy atom. The van der Waals surface area contributed by atoms with Crippen LogP contribution in [0.3, 0.4) is 0 Å². The number of hydrogen-bond acceptors (Lipinski definition) is 1. The highest BCUT2D eigenvalue weighted by molar-refractivity contribution is 5.34. The molecule has 0 aromatic heterocycles. The number of benzene rings is 1. The summed E-state index contributed by atoms with van der Waals surface area (Å²) < 4.78 is 0. The summed E-state index contributed by atoms with van der Waals surface area (Å²) in [5.74, 6) is 1.79. The van der Waals surface area contributed by atoms with Crippen molar-refractivity contribution in [3.05, 3.63) is 35.9 Å². The summed E-state index contributed by atoms with van der Waals surface area (Å²) in [7, 11) is 2.17. The first-order chi connectivity index (χ1) is 9.26. The Morgan fingerprint density at radius 1 is 1.16 bits per heavy atom. The Hall–Kier alpha value is -0.820. The van der Waals surface area contributed by atoms with Gasteiger partial charge in [-0.2, -0.15) is 0 Å². The van der Waals surface area contributed by atoms with E-state index < -0.39 is 0 Å². The lowest BCUT2D eigenvalue weighted by Crippen LogP contribution is -2.45. The van der Waals surface area contributed by atoms with Crippen molar-refractivity contribution in [3.63, 3.8) is 0 Å². The van der Waals surface area contributed by atoms with Crippen molar-refractivity contribution in [3.8, 4) is 0 Å². The highest BCUT2D eigenvalue weighted by Crippen LogP contribution is 2.54. The molecular weight excluding hydrogens is 230 g/mol. The van der Waals surface area contributed by atoms with Gasteiger partial charge < -0.3 is 5.32 Å². The lowest BCUT2D eigenvalue weighted by atomic mass is 9.72. The molecule has 0 radical (unpaired) electrons. The molecule has 2 saturated carbocycles. The summed E-state index contributed by atoms with van der Waals surface area (Å²) in [4.78, 5) is 0. The van der Waals surface area contributed by atoms with E-state index in [4.69, 9.17) is 0 Å². The van der Waals surface area contributed by atoms with Crippen LogP contribution in [0.4, 0.5) is 0 Å². The highest BCUT2D eigenvalue weighted by atomic mass is 14.9. The van der Waals surface area contributed by atoms with Crippen LogP contribution in [-0.4, -0.2) is 13.1 Å². The van der Waals surface area contributed by atoms with Gasteiger partial charge in [-0.05, 0) is 50.1 Å². The van der Waals surface area contributed by atoms with Crippen LogP contribution >= 0.6 is 0 Å². The maximum absolute atomic E-state index is 3.69. The van der Waals surface area contributed by atoms with Gasteiger partial charge in [0.05, 0.1) is 0 Å².